The Hall–Kier alpha value is -3.08. The van der Waals surface area contributed by atoms with Crippen LogP contribution in [0.2, 0.25) is 0 Å². The number of nitrogens with zero attached hydrogens (tertiary/aromatic N) is 2. The number of H-pyrrole nitrogens is 1. The molecule has 1 aromatic heterocycles. The number of para-hydroxylation sites is 1. The monoisotopic (exact) mass is 375 g/mol. The third-order valence-electron chi connectivity index (χ3n) is 5.55. The smallest absolute Gasteiger partial charge is 0.270 e. The largest absolute Gasteiger partial charge is 0.351 e. The van der Waals surface area contributed by atoms with Gasteiger partial charge in [-0.25, -0.2) is 0 Å². The highest BCUT2D eigenvalue weighted by molar-refractivity contribution is 5.98. The topological polar surface area (TPSA) is 56.4 Å². The Bertz CT molecular complexity index is 939. The van der Waals surface area contributed by atoms with Crippen molar-refractivity contribution in [3.63, 3.8) is 0 Å². The summed E-state index contributed by atoms with van der Waals surface area (Å²) in [6, 6.07) is 19.7. The molecular formula is C23H25N3O2. The summed E-state index contributed by atoms with van der Waals surface area (Å²) < 4.78 is 0. The molecule has 1 N–H and O–H groups in total. The van der Waals surface area contributed by atoms with Crippen molar-refractivity contribution in [3.05, 3.63) is 71.9 Å². The van der Waals surface area contributed by atoms with E-state index in [0.717, 1.165) is 22.9 Å². The molecule has 1 aliphatic rings. The highest BCUT2D eigenvalue weighted by Crippen LogP contribution is 2.23. The van der Waals surface area contributed by atoms with E-state index >= 15 is 0 Å². The van der Waals surface area contributed by atoms with E-state index in [1.807, 2.05) is 77.4 Å². The van der Waals surface area contributed by atoms with Crippen molar-refractivity contribution < 1.29 is 9.59 Å². The van der Waals surface area contributed by atoms with Crippen LogP contribution in [0.25, 0.3) is 10.9 Å². The summed E-state index contributed by atoms with van der Waals surface area (Å²) in [6.45, 7) is 4.32. The number of piperazine rings is 1. The van der Waals surface area contributed by atoms with Crippen molar-refractivity contribution in [1.82, 2.24) is 14.8 Å². The van der Waals surface area contributed by atoms with E-state index in [9.17, 15) is 9.59 Å². The quantitative estimate of drug-likeness (QED) is 0.757. The number of aromatic nitrogens is 1. The van der Waals surface area contributed by atoms with Gasteiger partial charge >= 0.3 is 0 Å². The van der Waals surface area contributed by atoms with Crippen LogP contribution in [-0.2, 0) is 4.79 Å². The standard InChI is InChI=1S/C23H25N3O2/c1-2-19(17-8-4-3-5-9-17)22(27)25-12-14-26(15-13-25)23(28)21-16-18-10-6-7-11-20(18)24-21/h3-11,16,19,24H,2,12-15H2,1H3/t19-/m1/s1. The maximum atomic E-state index is 13.0. The van der Waals surface area contributed by atoms with E-state index in [0.29, 0.717) is 31.9 Å². The Morgan fingerprint density at radius 2 is 1.57 bits per heavy atom. The molecule has 4 rings (SSSR count). The molecule has 0 spiro atoms. The number of carbonyl (C=O) groups excluding carboxylic acids is 2. The van der Waals surface area contributed by atoms with Gasteiger partial charge in [0, 0.05) is 37.1 Å². The van der Waals surface area contributed by atoms with E-state index in [2.05, 4.69) is 4.98 Å². The molecule has 0 saturated carbocycles. The first kappa shape index (κ1) is 18.3. The van der Waals surface area contributed by atoms with Gasteiger partial charge < -0.3 is 14.8 Å². The maximum Gasteiger partial charge on any atom is 0.270 e. The van der Waals surface area contributed by atoms with E-state index in [4.69, 9.17) is 0 Å². The Labute approximate surface area is 165 Å². The minimum atomic E-state index is -0.114. The van der Waals surface area contributed by atoms with E-state index in [1.165, 1.54) is 0 Å². The van der Waals surface area contributed by atoms with Gasteiger partial charge in [-0.2, -0.15) is 0 Å². The third kappa shape index (κ3) is 3.52. The van der Waals surface area contributed by atoms with Crippen molar-refractivity contribution in [2.75, 3.05) is 26.2 Å². The van der Waals surface area contributed by atoms with Crippen molar-refractivity contribution in [1.29, 1.82) is 0 Å². The van der Waals surface area contributed by atoms with Crippen LogP contribution < -0.4 is 0 Å². The summed E-state index contributed by atoms with van der Waals surface area (Å²) in [5.74, 6) is 0.0435. The van der Waals surface area contributed by atoms with Crippen LogP contribution in [-0.4, -0.2) is 52.8 Å². The number of hydrogen-bond acceptors (Lipinski definition) is 2. The van der Waals surface area contributed by atoms with Gasteiger partial charge in [-0.3, -0.25) is 9.59 Å². The molecule has 2 heterocycles. The van der Waals surface area contributed by atoms with Gasteiger partial charge in [-0.15, -0.1) is 0 Å². The predicted molar refractivity (Wildman–Crippen MR) is 110 cm³/mol. The van der Waals surface area contributed by atoms with Crippen molar-refractivity contribution in [2.24, 2.45) is 0 Å². The number of nitrogens with one attached hydrogen (secondary N) is 1. The molecular weight excluding hydrogens is 350 g/mol. The van der Waals surface area contributed by atoms with Gasteiger partial charge in [0.05, 0.1) is 5.92 Å². The molecule has 5 heteroatoms. The van der Waals surface area contributed by atoms with Gasteiger partial charge in [0.15, 0.2) is 0 Å². The summed E-state index contributed by atoms with van der Waals surface area (Å²) in [7, 11) is 0. The van der Waals surface area contributed by atoms with Crippen LogP contribution in [0.1, 0.15) is 35.3 Å². The zero-order chi connectivity index (χ0) is 19.5. The molecule has 0 aliphatic carbocycles. The van der Waals surface area contributed by atoms with Crippen molar-refractivity contribution >= 4 is 22.7 Å². The van der Waals surface area contributed by atoms with Gasteiger partial charge in [0.2, 0.25) is 5.91 Å². The first-order chi connectivity index (χ1) is 13.7. The number of benzene rings is 2. The fourth-order valence-corrected chi connectivity index (χ4v) is 3.95. The molecule has 1 atom stereocenters. The minimum absolute atomic E-state index is 0.00148. The van der Waals surface area contributed by atoms with E-state index in [1.54, 1.807) is 0 Å². The highest BCUT2D eigenvalue weighted by Gasteiger charge is 2.29. The zero-order valence-electron chi connectivity index (χ0n) is 16.1. The minimum Gasteiger partial charge on any atom is -0.351 e. The first-order valence-corrected chi connectivity index (χ1v) is 9.88. The molecule has 2 amide bonds. The fourth-order valence-electron chi connectivity index (χ4n) is 3.95. The number of amides is 2. The number of fused-ring (bicyclic) bond motifs is 1. The Morgan fingerprint density at radius 3 is 2.25 bits per heavy atom. The summed E-state index contributed by atoms with van der Waals surface area (Å²) >= 11 is 0. The maximum absolute atomic E-state index is 13.0. The van der Waals surface area contributed by atoms with Gasteiger partial charge in [0.25, 0.3) is 5.91 Å². The highest BCUT2D eigenvalue weighted by atomic mass is 16.2. The molecule has 0 radical (unpaired) electrons. The number of carbonyl (C=O) groups is 2. The summed E-state index contributed by atoms with van der Waals surface area (Å²) in [6.07, 6.45) is 0.775. The van der Waals surface area contributed by atoms with E-state index in [-0.39, 0.29) is 17.7 Å². The van der Waals surface area contributed by atoms with Gasteiger partial charge in [-0.05, 0) is 24.1 Å². The number of rotatable bonds is 4. The number of aromatic amines is 1. The summed E-state index contributed by atoms with van der Waals surface area (Å²) in [5.41, 5.74) is 2.64. The SMILES string of the molecule is CC[C@@H](C(=O)N1CCN(C(=O)c2cc3ccccc3[nH]2)CC1)c1ccccc1. The van der Waals surface area contributed by atoms with Crippen LogP contribution in [0.4, 0.5) is 0 Å². The molecule has 0 bridgehead atoms. The second-order valence-electron chi connectivity index (χ2n) is 7.26. The van der Waals surface area contributed by atoms with Crippen LogP contribution in [0, 0.1) is 0 Å². The van der Waals surface area contributed by atoms with Crippen LogP contribution in [0.15, 0.2) is 60.7 Å². The molecule has 144 valence electrons. The summed E-state index contributed by atoms with van der Waals surface area (Å²) in [5, 5.41) is 1.04. The second kappa shape index (κ2) is 7.89. The lowest BCUT2D eigenvalue weighted by Crippen LogP contribution is -2.51. The lowest BCUT2D eigenvalue weighted by atomic mass is 9.95. The molecule has 1 saturated heterocycles. The molecule has 28 heavy (non-hydrogen) atoms. The molecule has 3 aromatic rings. The Morgan fingerprint density at radius 1 is 0.929 bits per heavy atom. The molecule has 0 unspecified atom stereocenters. The average molecular weight is 375 g/mol. The van der Waals surface area contributed by atoms with Crippen LogP contribution in [0.5, 0.6) is 0 Å². The lowest BCUT2D eigenvalue weighted by molar-refractivity contribution is -0.134. The van der Waals surface area contributed by atoms with Crippen molar-refractivity contribution in [3.8, 4) is 0 Å². The van der Waals surface area contributed by atoms with Crippen molar-refractivity contribution in [2.45, 2.75) is 19.3 Å². The normalized spacial score (nSPS) is 15.6. The molecule has 1 fully saturated rings. The average Bonchev–Trinajstić information content (AvgIpc) is 3.19. The number of hydrogen-bond donors (Lipinski definition) is 1. The Kier molecular flexibility index (Phi) is 5.15. The van der Waals surface area contributed by atoms with Gasteiger partial charge in [-0.1, -0.05) is 55.5 Å². The predicted octanol–water partition coefficient (Wildman–Crippen LogP) is 3.65. The third-order valence-corrected chi connectivity index (χ3v) is 5.55. The first-order valence-electron chi connectivity index (χ1n) is 9.88. The van der Waals surface area contributed by atoms with Crippen LogP contribution in [0.3, 0.4) is 0 Å². The van der Waals surface area contributed by atoms with E-state index < -0.39 is 0 Å². The second-order valence-corrected chi connectivity index (χ2v) is 7.26. The van der Waals surface area contributed by atoms with Gasteiger partial charge in [0.1, 0.15) is 5.69 Å². The molecule has 2 aromatic carbocycles. The Balaban J connectivity index is 1.41. The zero-order valence-corrected chi connectivity index (χ0v) is 16.1. The lowest BCUT2D eigenvalue weighted by Gasteiger charge is -2.36. The molecule has 1 aliphatic heterocycles. The van der Waals surface area contributed by atoms with Crippen LogP contribution >= 0.6 is 0 Å². The fraction of sp³-hybridized carbons (Fsp3) is 0.304. The molecule has 5 nitrogen and oxygen atoms in total. The summed E-state index contributed by atoms with van der Waals surface area (Å²) in [4.78, 5) is 32.8.